The van der Waals surface area contributed by atoms with Gasteiger partial charge in [0.25, 0.3) is 5.22 Å². The van der Waals surface area contributed by atoms with E-state index in [1.165, 1.54) is 11.8 Å². The molecule has 0 atom stereocenters. The van der Waals surface area contributed by atoms with Gasteiger partial charge in [-0.15, -0.1) is 10.2 Å². The minimum absolute atomic E-state index is 0.124. The van der Waals surface area contributed by atoms with E-state index in [9.17, 15) is 4.79 Å². The first-order chi connectivity index (χ1) is 13.7. The summed E-state index contributed by atoms with van der Waals surface area (Å²) in [6.07, 6.45) is 0. The van der Waals surface area contributed by atoms with E-state index in [1.54, 1.807) is 12.1 Å². The SMILES string of the molecule is Cc1c(C(=O)CSc2nnc(-c3ccc4c(c3)OCO4)o2)oc2ccccc12. The molecule has 8 heteroatoms. The van der Waals surface area contributed by atoms with Gasteiger partial charge < -0.3 is 18.3 Å². The molecule has 28 heavy (non-hydrogen) atoms. The standard InChI is InChI=1S/C20H14N2O5S/c1-11-13-4-2-3-5-15(13)26-18(11)14(23)9-28-20-22-21-19(27-20)12-6-7-16-17(8-12)25-10-24-16/h2-8H,9-10H2,1H3. The molecule has 7 nitrogen and oxygen atoms in total. The van der Waals surface area contributed by atoms with Gasteiger partial charge >= 0.3 is 0 Å². The number of aryl methyl sites for hydroxylation is 1. The molecular formula is C20H14N2O5S. The number of thioether (sulfide) groups is 1. The number of aromatic nitrogens is 2. The first-order valence-electron chi connectivity index (χ1n) is 8.57. The van der Waals surface area contributed by atoms with Crippen molar-refractivity contribution in [3.63, 3.8) is 0 Å². The van der Waals surface area contributed by atoms with Crippen molar-refractivity contribution in [1.82, 2.24) is 10.2 Å². The number of carbonyl (C=O) groups is 1. The molecule has 0 unspecified atom stereocenters. The quantitative estimate of drug-likeness (QED) is 0.361. The van der Waals surface area contributed by atoms with E-state index < -0.39 is 0 Å². The van der Waals surface area contributed by atoms with E-state index in [2.05, 4.69) is 10.2 Å². The highest BCUT2D eigenvalue weighted by Crippen LogP contribution is 2.36. The van der Waals surface area contributed by atoms with Gasteiger partial charge in [0.15, 0.2) is 17.3 Å². The van der Waals surface area contributed by atoms with Crippen LogP contribution < -0.4 is 9.47 Å². The summed E-state index contributed by atoms with van der Waals surface area (Å²) in [5, 5.41) is 9.31. The predicted octanol–water partition coefficient (Wildman–Crippen LogP) is 4.49. The lowest BCUT2D eigenvalue weighted by Crippen LogP contribution is -2.02. The van der Waals surface area contributed by atoms with Gasteiger partial charge in [0.2, 0.25) is 18.5 Å². The lowest BCUT2D eigenvalue weighted by molar-refractivity contribution is 0.0993. The van der Waals surface area contributed by atoms with E-state index in [1.807, 2.05) is 37.3 Å². The van der Waals surface area contributed by atoms with Crippen molar-refractivity contribution in [2.75, 3.05) is 12.5 Å². The molecule has 5 rings (SSSR count). The molecule has 4 aromatic rings. The van der Waals surface area contributed by atoms with Gasteiger partial charge in [0.1, 0.15) is 5.58 Å². The van der Waals surface area contributed by atoms with Crippen LogP contribution in [0.3, 0.4) is 0 Å². The number of furan rings is 1. The molecule has 0 bridgehead atoms. The fraction of sp³-hybridized carbons (Fsp3) is 0.150. The number of hydrogen-bond donors (Lipinski definition) is 0. The van der Waals surface area contributed by atoms with Crippen LogP contribution in [0.1, 0.15) is 16.1 Å². The van der Waals surface area contributed by atoms with E-state index >= 15 is 0 Å². The molecule has 1 aliphatic rings. The average Bonchev–Trinajstić information content (AvgIpc) is 3.44. The van der Waals surface area contributed by atoms with Crippen LogP contribution in [0.5, 0.6) is 11.5 Å². The highest BCUT2D eigenvalue weighted by atomic mass is 32.2. The largest absolute Gasteiger partial charge is 0.454 e. The number of hydrogen-bond acceptors (Lipinski definition) is 8. The predicted molar refractivity (Wildman–Crippen MR) is 102 cm³/mol. The van der Waals surface area contributed by atoms with Gasteiger partial charge in [0, 0.05) is 16.5 Å². The van der Waals surface area contributed by atoms with Crippen LogP contribution in [-0.2, 0) is 0 Å². The third-order valence-corrected chi connectivity index (χ3v) is 5.27. The van der Waals surface area contributed by atoms with Crippen molar-refractivity contribution in [1.29, 1.82) is 0 Å². The van der Waals surface area contributed by atoms with Crippen LogP contribution >= 0.6 is 11.8 Å². The summed E-state index contributed by atoms with van der Waals surface area (Å²) in [4.78, 5) is 12.6. The van der Waals surface area contributed by atoms with Crippen molar-refractivity contribution < 1.29 is 23.1 Å². The van der Waals surface area contributed by atoms with Crippen LogP contribution in [0.15, 0.2) is 56.5 Å². The number of ether oxygens (including phenoxy) is 2. The highest BCUT2D eigenvalue weighted by Gasteiger charge is 2.20. The third-order valence-electron chi connectivity index (χ3n) is 4.45. The third kappa shape index (κ3) is 2.91. The smallest absolute Gasteiger partial charge is 0.277 e. The van der Waals surface area contributed by atoms with Crippen LogP contribution in [0, 0.1) is 6.92 Å². The first-order valence-corrected chi connectivity index (χ1v) is 9.55. The molecule has 0 saturated heterocycles. The fourth-order valence-electron chi connectivity index (χ4n) is 3.05. The first kappa shape index (κ1) is 16.9. The Labute approximate surface area is 163 Å². The number of carbonyl (C=O) groups excluding carboxylic acids is 1. The molecule has 0 N–H and O–H groups in total. The maximum atomic E-state index is 12.6. The van der Waals surface area contributed by atoms with E-state index in [0.29, 0.717) is 34.0 Å². The van der Waals surface area contributed by atoms with Crippen molar-refractivity contribution in [2.45, 2.75) is 12.1 Å². The maximum Gasteiger partial charge on any atom is 0.277 e. The zero-order valence-corrected chi connectivity index (χ0v) is 15.6. The Morgan fingerprint density at radius 3 is 2.82 bits per heavy atom. The summed E-state index contributed by atoms with van der Waals surface area (Å²) in [6, 6.07) is 13.0. The van der Waals surface area contributed by atoms with Crippen molar-refractivity contribution in [3.05, 3.63) is 53.8 Å². The minimum atomic E-state index is -0.124. The highest BCUT2D eigenvalue weighted by molar-refractivity contribution is 7.99. The molecule has 1 aliphatic heterocycles. The molecule has 0 saturated carbocycles. The Morgan fingerprint density at radius 1 is 1.07 bits per heavy atom. The summed E-state index contributed by atoms with van der Waals surface area (Å²) in [5.41, 5.74) is 2.27. The number of ketones is 1. The maximum absolute atomic E-state index is 12.6. The normalized spacial score (nSPS) is 12.6. The van der Waals surface area contributed by atoms with Crippen LogP contribution in [0.2, 0.25) is 0 Å². The summed E-state index contributed by atoms with van der Waals surface area (Å²) in [7, 11) is 0. The summed E-state index contributed by atoms with van der Waals surface area (Å²) in [5.74, 6) is 2.06. The van der Waals surface area contributed by atoms with Crippen LogP contribution in [0.25, 0.3) is 22.4 Å². The van der Waals surface area contributed by atoms with Gasteiger partial charge in [0.05, 0.1) is 5.75 Å². The second-order valence-electron chi connectivity index (χ2n) is 6.21. The molecule has 0 aliphatic carbocycles. The average molecular weight is 394 g/mol. The number of fused-ring (bicyclic) bond motifs is 2. The lowest BCUT2D eigenvalue weighted by Gasteiger charge is -1.98. The second-order valence-corrected chi connectivity index (χ2v) is 7.13. The van der Waals surface area contributed by atoms with Crippen LogP contribution in [-0.4, -0.2) is 28.5 Å². The molecular weight excluding hydrogens is 380 g/mol. The van der Waals surface area contributed by atoms with Crippen molar-refractivity contribution in [2.24, 2.45) is 0 Å². The lowest BCUT2D eigenvalue weighted by atomic mass is 10.1. The Bertz CT molecular complexity index is 1200. The van der Waals surface area contributed by atoms with E-state index in [-0.39, 0.29) is 18.3 Å². The molecule has 2 aromatic heterocycles. The van der Waals surface area contributed by atoms with Gasteiger partial charge in [-0.2, -0.15) is 0 Å². The number of nitrogens with zero attached hydrogens (tertiary/aromatic N) is 2. The Morgan fingerprint density at radius 2 is 1.93 bits per heavy atom. The van der Waals surface area contributed by atoms with Gasteiger partial charge in [-0.1, -0.05) is 30.0 Å². The van der Waals surface area contributed by atoms with Gasteiger partial charge in [-0.25, -0.2) is 0 Å². The topological polar surface area (TPSA) is 87.6 Å². The van der Waals surface area contributed by atoms with Crippen LogP contribution in [0.4, 0.5) is 0 Å². The molecule has 0 radical (unpaired) electrons. The summed E-state index contributed by atoms with van der Waals surface area (Å²) >= 11 is 1.18. The van der Waals surface area contributed by atoms with Gasteiger partial charge in [-0.05, 0) is 31.2 Å². The molecule has 140 valence electrons. The number of Topliss-reactive ketones (excluding diaryl/α,β-unsaturated/α-hetero) is 1. The Kier molecular flexibility index (Phi) is 4.05. The second kappa shape index (κ2) is 6.72. The molecule has 0 fully saturated rings. The molecule has 0 amide bonds. The minimum Gasteiger partial charge on any atom is -0.454 e. The molecule has 0 spiro atoms. The number of benzene rings is 2. The van der Waals surface area contributed by atoms with E-state index in [4.69, 9.17) is 18.3 Å². The summed E-state index contributed by atoms with van der Waals surface area (Å²) < 4.78 is 22.0. The molecule has 3 heterocycles. The van der Waals surface area contributed by atoms with Gasteiger partial charge in [-0.3, -0.25) is 4.79 Å². The Balaban J connectivity index is 1.31. The van der Waals surface area contributed by atoms with E-state index in [0.717, 1.165) is 16.5 Å². The zero-order valence-electron chi connectivity index (χ0n) is 14.8. The number of para-hydroxylation sites is 1. The zero-order chi connectivity index (χ0) is 19.1. The Hall–Kier alpha value is -3.26. The monoisotopic (exact) mass is 394 g/mol. The number of rotatable bonds is 5. The summed E-state index contributed by atoms with van der Waals surface area (Å²) in [6.45, 7) is 2.08. The van der Waals surface area contributed by atoms with Crippen molar-refractivity contribution in [3.8, 4) is 23.0 Å². The fourth-order valence-corrected chi connectivity index (χ4v) is 3.67. The van der Waals surface area contributed by atoms with Crippen molar-refractivity contribution >= 4 is 28.5 Å². The molecule has 2 aromatic carbocycles.